The lowest BCUT2D eigenvalue weighted by Gasteiger charge is -2.09. The van der Waals surface area contributed by atoms with Crippen LogP contribution in [0.15, 0.2) is 152 Å². The highest BCUT2D eigenvalue weighted by Crippen LogP contribution is 2.44. The molecule has 6 heteroatoms. The third-order valence-corrected chi connectivity index (χ3v) is 13.3. The topological polar surface area (TPSA) is 38.7 Å². The number of thiophene rings is 3. The molecule has 0 fully saturated rings. The SMILES string of the molecule is c1ccc(-c2nc(-c3ccc4sc5ccc(-c6cccc7c6sc6ccccc67)cc5c4c3)nc(-c3cccc4c3sc3ccccc34)n2)cc1. The molecule has 0 spiro atoms. The molecule has 3 nitrogen and oxygen atoms in total. The molecule has 238 valence electrons. The van der Waals surface area contributed by atoms with Crippen LogP contribution in [0, 0.1) is 0 Å². The summed E-state index contributed by atoms with van der Waals surface area (Å²) in [5.41, 5.74) is 5.47. The van der Waals surface area contributed by atoms with Gasteiger partial charge in [0.2, 0.25) is 0 Å². The Morgan fingerprint density at radius 3 is 1.47 bits per heavy atom. The third-order valence-electron chi connectivity index (χ3n) is 9.76. The van der Waals surface area contributed by atoms with Crippen molar-refractivity contribution >= 4 is 94.5 Å². The first kappa shape index (κ1) is 29.0. The molecule has 4 aromatic heterocycles. The molecule has 0 amide bonds. The zero-order valence-corrected chi connectivity index (χ0v) is 29.4. The summed E-state index contributed by atoms with van der Waals surface area (Å²) in [5.74, 6) is 2.03. The Kier molecular flexibility index (Phi) is 6.46. The number of rotatable bonds is 4. The maximum atomic E-state index is 5.20. The van der Waals surface area contributed by atoms with Crippen LogP contribution in [0.5, 0.6) is 0 Å². The first-order valence-electron chi connectivity index (χ1n) is 16.8. The maximum Gasteiger partial charge on any atom is 0.165 e. The van der Waals surface area contributed by atoms with E-state index in [-0.39, 0.29) is 0 Å². The van der Waals surface area contributed by atoms with Crippen LogP contribution in [0.2, 0.25) is 0 Å². The van der Waals surface area contributed by atoms with Crippen LogP contribution in [0.4, 0.5) is 0 Å². The third kappa shape index (κ3) is 4.65. The van der Waals surface area contributed by atoms with Gasteiger partial charge in [-0.25, -0.2) is 15.0 Å². The van der Waals surface area contributed by atoms with Gasteiger partial charge in [0, 0.05) is 77.2 Å². The first-order valence-corrected chi connectivity index (χ1v) is 19.3. The normalized spacial score (nSPS) is 11.9. The summed E-state index contributed by atoms with van der Waals surface area (Å²) in [4.78, 5) is 15.4. The number of aromatic nitrogens is 3. The number of hydrogen-bond donors (Lipinski definition) is 0. The van der Waals surface area contributed by atoms with Crippen LogP contribution < -0.4 is 0 Å². The number of benzene rings is 7. The molecule has 0 saturated carbocycles. The molecule has 11 rings (SSSR count). The second kappa shape index (κ2) is 11.4. The van der Waals surface area contributed by atoms with Gasteiger partial charge < -0.3 is 0 Å². The van der Waals surface area contributed by atoms with Gasteiger partial charge in [0.15, 0.2) is 17.5 Å². The average Bonchev–Trinajstić information content (AvgIpc) is 3.89. The van der Waals surface area contributed by atoms with Crippen molar-refractivity contribution in [2.75, 3.05) is 0 Å². The lowest BCUT2D eigenvalue weighted by Crippen LogP contribution is -2.00. The Morgan fingerprint density at radius 1 is 0.294 bits per heavy atom. The van der Waals surface area contributed by atoms with Crippen molar-refractivity contribution < 1.29 is 0 Å². The van der Waals surface area contributed by atoms with E-state index in [9.17, 15) is 0 Å². The molecular formula is C45H25N3S3. The van der Waals surface area contributed by atoms with E-state index in [1.165, 1.54) is 71.6 Å². The monoisotopic (exact) mass is 703 g/mol. The minimum atomic E-state index is 0.669. The van der Waals surface area contributed by atoms with E-state index in [0.717, 1.165) is 16.7 Å². The van der Waals surface area contributed by atoms with Crippen LogP contribution in [-0.2, 0) is 0 Å². The Labute approximate surface area is 304 Å². The van der Waals surface area contributed by atoms with E-state index in [2.05, 4.69) is 133 Å². The molecule has 0 N–H and O–H groups in total. The molecule has 0 atom stereocenters. The highest BCUT2D eigenvalue weighted by Gasteiger charge is 2.18. The summed E-state index contributed by atoms with van der Waals surface area (Å²) in [7, 11) is 0. The number of nitrogens with zero attached hydrogens (tertiary/aromatic N) is 3. The van der Waals surface area contributed by atoms with Crippen molar-refractivity contribution in [3.8, 4) is 45.3 Å². The second-order valence-electron chi connectivity index (χ2n) is 12.8. The van der Waals surface area contributed by atoms with Gasteiger partial charge in [0.1, 0.15) is 0 Å². The number of fused-ring (bicyclic) bond motifs is 9. The van der Waals surface area contributed by atoms with Gasteiger partial charge in [-0.15, -0.1) is 34.0 Å². The zero-order valence-electron chi connectivity index (χ0n) is 27.0. The van der Waals surface area contributed by atoms with E-state index in [4.69, 9.17) is 15.0 Å². The first-order chi connectivity index (χ1) is 25.2. The minimum absolute atomic E-state index is 0.669. The van der Waals surface area contributed by atoms with E-state index >= 15 is 0 Å². The van der Waals surface area contributed by atoms with Crippen LogP contribution in [0.3, 0.4) is 0 Å². The van der Waals surface area contributed by atoms with Crippen molar-refractivity contribution in [2.24, 2.45) is 0 Å². The summed E-state index contributed by atoms with van der Waals surface area (Å²) in [6, 6.07) is 54.2. The zero-order chi connectivity index (χ0) is 33.5. The van der Waals surface area contributed by atoms with E-state index in [1.54, 1.807) is 11.3 Å². The molecule has 4 heterocycles. The molecule has 0 unspecified atom stereocenters. The molecular weight excluding hydrogens is 679 g/mol. The van der Waals surface area contributed by atoms with Crippen molar-refractivity contribution in [3.63, 3.8) is 0 Å². The van der Waals surface area contributed by atoms with Crippen molar-refractivity contribution in [2.45, 2.75) is 0 Å². The fourth-order valence-corrected chi connectivity index (χ4v) is 10.8. The average molecular weight is 704 g/mol. The summed E-state index contributed by atoms with van der Waals surface area (Å²) >= 11 is 5.50. The van der Waals surface area contributed by atoms with Gasteiger partial charge in [-0.3, -0.25) is 0 Å². The highest BCUT2D eigenvalue weighted by molar-refractivity contribution is 7.27. The van der Waals surface area contributed by atoms with Gasteiger partial charge >= 0.3 is 0 Å². The lowest BCUT2D eigenvalue weighted by molar-refractivity contribution is 1.08. The standard InChI is InChI=1S/C45H25N3S3/c1-2-10-26(11-3-1)43-46-44(48-45(47-43)34-17-9-16-33-31-13-5-7-19-38(31)51-42(33)34)28-21-23-40-36(25-28)35-24-27(20-22-39(35)49-40)29-14-8-15-32-30-12-4-6-18-37(30)50-41(29)32/h1-25H. The molecule has 0 saturated heterocycles. The molecule has 0 aliphatic heterocycles. The smallest absolute Gasteiger partial charge is 0.165 e. The van der Waals surface area contributed by atoms with Gasteiger partial charge in [0.05, 0.1) is 0 Å². The fraction of sp³-hybridized carbons (Fsp3) is 0. The molecule has 7 aromatic carbocycles. The summed E-state index contributed by atoms with van der Waals surface area (Å²) in [5, 5.41) is 7.59. The van der Waals surface area contributed by atoms with Crippen molar-refractivity contribution in [1.29, 1.82) is 0 Å². The van der Waals surface area contributed by atoms with Gasteiger partial charge in [-0.1, -0.05) is 103 Å². The second-order valence-corrected chi connectivity index (χ2v) is 15.9. The summed E-state index contributed by atoms with van der Waals surface area (Å²) in [6.07, 6.45) is 0. The van der Waals surface area contributed by atoms with E-state index < -0.39 is 0 Å². The Bertz CT molecular complexity index is 3150. The Balaban J connectivity index is 1.10. The lowest BCUT2D eigenvalue weighted by atomic mass is 10.00. The van der Waals surface area contributed by atoms with Gasteiger partial charge in [-0.05, 0) is 59.7 Å². The minimum Gasteiger partial charge on any atom is -0.208 e. The van der Waals surface area contributed by atoms with Crippen molar-refractivity contribution in [3.05, 3.63) is 152 Å². The molecule has 51 heavy (non-hydrogen) atoms. The van der Waals surface area contributed by atoms with E-state index in [1.807, 2.05) is 40.9 Å². The number of hydrogen-bond acceptors (Lipinski definition) is 6. The summed E-state index contributed by atoms with van der Waals surface area (Å²) in [6.45, 7) is 0. The fourth-order valence-electron chi connectivity index (χ4n) is 7.32. The molecule has 11 aromatic rings. The Hall–Kier alpha value is -5.79. The summed E-state index contributed by atoms with van der Waals surface area (Å²) < 4.78 is 7.62. The van der Waals surface area contributed by atoms with E-state index in [0.29, 0.717) is 17.5 Å². The van der Waals surface area contributed by atoms with Crippen molar-refractivity contribution in [1.82, 2.24) is 15.0 Å². The van der Waals surface area contributed by atoms with Crippen LogP contribution in [0.1, 0.15) is 0 Å². The predicted molar refractivity (Wildman–Crippen MR) is 220 cm³/mol. The van der Waals surface area contributed by atoms with Crippen LogP contribution in [-0.4, -0.2) is 15.0 Å². The van der Waals surface area contributed by atoms with Gasteiger partial charge in [-0.2, -0.15) is 0 Å². The quantitative estimate of drug-likeness (QED) is 0.183. The maximum absolute atomic E-state index is 5.20. The molecule has 0 aliphatic carbocycles. The molecule has 0 aliphatic rings. The Morgan fingerprint density at radius 2 is 0.784 bits per heavy atom. The largest absolute Gasteiger partial charge is 0.208 e. The van der Waals surface area contributed by atoms with Crippen LogP contribution in [0.25, 0.3) is 106 Å². The van der Waals surface area contributed by atoms with Crippen LogP contribution >= 0.6 is 34.0 Å². The highest BCUT2D eigenvalue weighted by atomic mass is 32.1. The predicted octanol–water partition coefficient (Wildman–Crippen LogP) is 13.6. The van der Waals surface area contributed by atoms with Gasteiger partial charge in [0.25, 0.3) is 0 Å². The molecule has 0 bridgehead atoms. The molecule has 0 radical (unpaired) electrons.